The summed E-state index contributed by atoms with van der Waals surface area (Å²) in [4.78, 5) is 32.2. The number of aromatic nitrogens is 2. The van der Waals surface area contributed by atoms with Gasteiger partial charge in [-0.1, -0.05) is 0 Å². The van der Waals surface area contributed by atoms with Crippen molar-refractivity contribution < 1.29 is 14.6 Å². The summed E-state index contributed by atoms with van der Waals surface area (Å²) in [6.45, 7) is 0. The number of anilines is 1. The number of hydrogen-bond acceptors (Lipinski definition) is 7. The molecule has 11 heteroatoms. The monoisotopic (exact) mass is 316 g/mol. The van der Waals surface area contributed by atoms with E-state index in [0.717, 1.165) is 23.0 Å². The fourth-order valence-electron chi connectivity index (χ4n) is 1.80. The lowest BCUT2D eigenvalue weighted by atomic mass is 10.1. The van der Waals surface area contributed by atoms with Crippen LogP contribution < -0.4 is 5.32 Å². The average Bonchev–Trinajstić information content (AvgIpc) is 2.89. The maximum Gasteiger partial charge on any atom is 0.320 e. The molecule has 2 rings (SSSR count). The Bertz CT molecular complexity index is 865. The molecule has 0 fully saturated rings. The van der Waals surface area contributed by atoms with Crippen LogP contribution in [0.15, 0.2) is 24.4 Å². The van der Waals surface area contributed by atoms with E-state index in [1.807, 2.05) is 0 Å². The summed E-state index contributed by atoms with van der Waals surface area (Å²) in [7, 11) is 1.41. The number of nitrogens with zero attached hydrogens (tertiary/aromatic N) is 5. The molecule has 23 heavy (non-hydrogen) atoms. The van der Waals surface area contributed by atoms with Crippen LogP contribution in [0.1, 0.15) is 16.1 Å². The molecule has 11 nitrogen and oxygen atoms in total. The Morgan fingerprint density at radius 3 is 2.61 bits per heavy atom. The summed E-state index contributed by atoms with van der Waals surface area (Å²) >= 11 is 0. The second-order valence-electron chi connectivity index (χ2n) is 4.35. The van der Waals surface area contributed by atoms with Crippen molar-refractivity contribution in [3.8, 4) is 6.07 Å². The Kier molecular flexibility index (Phi) is 3.99. The summed E-state index contributed by atoms with van der Waals surface area (Å²) in [5, 5.41) is 36.5. The second-order valence-corrected chi connectivity index (χ2v) is 4.35. The highest BCUT2D eigenvalue weighted by atomic mass is 16.6. The zero-order valence-electron chi connectivity index (χ0n) is 11.6. The summed E-state index contributed by atoms with van der Waals surface area (Å²) in [5.74, 6) is -0.900. The van der Waals surface area contributed by atoms with Crippen molar-refractivity contribution in [3.05, 3.63) is 55.9 Å². The minimum absolute atomic E-state index is 0.0111. The van der Waals surface area contributed by atoms with Gasteiger partial charge in [-0.15, -0.1) is 0 Å². The zero-order valence-corrected chi connectivity index (χ0v) is 11.6. The molecule has 2 aromatic rings. The molecule has 0 radical (unpaired) electrons. The van der Waals surface area contributed by atoms with Crippen LogP contribution in [0.25, 0.3) is 0 Å². The molecule has 1 aromatic heterocycles. The third kappa shape index (κ3) is 3.10. The van der Waals surface area contributed by atoms with E-state index in [4.69, 9.17) is 5.26 Å². The second kappa shape index (κ2) is 5.90. The number of nitro groups is 2. The predicted molar refractivity (Wildman–Crippen MR) is 75.6 cm³/mol. The maximum absolute atomic E-state index is 12.1. The zero-order chi connectivity index (χ0) is 17.1. The number of benzene rings is 1. The molecule has 0 atom stereocenters. The van der Waals surface area contributed by atoms with Gasteiger partial charge in [-0.25, -0.2) is 0 Å². The predicted octanol–water partition coefficient (Wildman–Crippen LogP) is 1.36. The third-order valence-corrected chi connectivity index (χ3v) is 2.80. The van der Waals surface area contributed by atoms with Crippen molar-refractivity contribution in [3.63, 3.8) is 0 Å². The first kappa shape index (κ1) is 15.6. The first-order chi connectivity index (χ1) is 10.8. The standard InChI is InChI=1S/C12H8N6O5/c1-16-6-10(18(22)23)11(15-16)12(19)14-9-3-2-8(17(20)21)4-7(9)5-13/h2-4,6H,1H3,(H,14,19). The lowest BCUT2D eigenvalue weighted by Crippen LogP contribution is -2.15. The van der Waals surface area contributed by atoms with Crippen LogP contribution in [0.3, 0.4) is 0 Å². The summed E-state index contributed by atoms with van der Waals surface area (Å²) in [5.41, 5.74) is -1.40. The van der Waals surface area contributed by atoms with Crippen LogP contribution in [0.5, 0.6) is 0 Å². The van der Waals surface area contributed by atoms with Crippen molar-refractivity contribution in [2.24, 2.45) is 7.05 Å². The molecule has 0 spiro atoms. The van der Waals surface area contributed by atoms with Crippen LogP contribution in [-0.4, -0.2) is 25.5 Å². The van der Waals surface area contributed by atoms with Gasteiger partial charge < -0.3 is 5.32 Å². The molecule has 0 aliphatic rings. The Morgan fingerprint density at radius 1 is 1.35 bits per heavy atom. The summed E-state index contributed by atoms with van der Waals surface area (Å²) < 4.78 is 1.11. The highest BCUT2D eigenvalue weighted by Gasteiger charge is 2.25. The lowest BCUT2D eigenvalue weighted by Gasteiger charge is -2.05. The Labute approximate surface area is 128 Å². The van der Waals surface area contributed by atoms with Gasteiger partial charge in [0.15, 0.2) is 0 Å². The molecule has 116 valence electrons. The van der Waals surface area contributed by atoms with Crippen molar-refractivity contribution >= 4 is 23.0 Å². The van der Waals surface area contributed by atoms with Crippen molar-refractivity contribution in [1.82, 2.24) is 9.78 Å². The van der Waals surface area contributed by atoms with Crippen LogP contribution in [-0.2, 0) is 7.05 Å². The van der Waals surface area contributed by atoms with E-state index in [9.17, 15) is 25.0 Å². The SMILES string of the molecule is Cn1cc([N+](=O)[O-])c(C(=O)Nc2ccc([N+](=O)[O-])cc2C#N)n1. The van der Waals surface area contributed by atoms with Crippen LogP contribution in [0.2, 0.25) is 0 Å². The molecule has 0 aliphatic heterocycles. The number of nitriles is 1. The number of non-ortho nitro benzene ring substituents is 1. The summed E-state index contributed by atoms with van der Waals surface area (Å²) in [6, 6.07) is 4.97. The fraction of sp³-hybridized carbons (Fsp3) is 0.0833. The first-order valence-electron chi connectivity index (χ1n) is 6.01. The van der Waals surface area contributed by atoms with E-state index < -0.39 is 27.1 Å². The molecule has 1 amide bonds. The molecule has 0 saturated heterocycles. The minimum atomic E-state index is -0.900. The molecular weight excluding hydrogens is 308 g/mol. The number of amides is 1. The largest absolute Gasteiger partial charge is 0.320 e. The molecular formula is C12H8N6O5. The van der Waals surface area contributed by atoms with Gasteiger partial charge in [-0.3, -0.25) is 29.7 Å². The number of nitro benzene ring substituents is 1. The molecule has 0 saturated carbocycles. The first-order valence-corrected chi connectivity index (χ1v) is 6.01. The van der Waals surface area contributed by atoms with Gasteiger partial charge in [0, 0.05) is 19.2 Å². The van der Waals surface area contributed by atoms with Crippen molar-refractivity contribution in [2.45, 2.75) is 0 Å². The average molecular weight is 316 g/mol. The van der Waals surface area contributed by atoms with E-state index in [1.54, 1.807) is 6.07 Å². The number of aryl methyl sites for hydroxylation is 1. The Balaban J connectivity index is 2.36. The molecule has 1 aromatic carbocycles. The lowest BCUT2D eigenvalue weighted by molar-refractivity contribution is -0.385. The highest BCUT2D eigenvalue weighted by Crippen LogP contribution is 2.23. The number of nitrogens with one attached hydrogen (secondary N) is 1. The third-order valence-electron chi connectivity index (χ3n) is 2.80. The number of carbonyl (C=O) groups is 1. The van der Waals surface area contributed by atoms with E-state index in [1.165, 1.54) is 13.1 Å². The van der Waals surface area contributed by atoms with Gasteiger partial charge in [0.2, 0.25) is 5.69 Å². The molecule has 0 unspecified atom stereocenters. The Hall–Kier alpha value is -3.81. The van der Waals surface area contributed by atoms with E-state index in [2.05, 4.69) is 10.4 Å². The van der Waals surface area contributed by atoms with Crippen LogP contribution in [0, 0.1) is 31.6 Å². The van der Waals surface area contributed by atoms with Crippen LogP contribution >= 0.6 is 0 Å². The van der Waals surface area contributed by atoms with Gasteiger partial charge >= 0.3 is 5.69 Å². The quantitative estimate of drug-likeness (QED) is 0.658. The topological polar surface area (TPSA) is 157 Å². The van der Waals surface area contributed by atoms with Gasteiger partial charge in [0.05, 0.1) is 21.1 Å². The van der Waals surface area contributed by atoms with E-state index in [0.29, 0.717) is 0 Å². The number of hydrogen-bond donors (Lipinski definition) is 1. The number of carbonyl (C=O) groups excluding carboxylic acids is 1. The molecule has 1 heterocycles. The minimum Gasteiger partial charge on any atom is -0.319 e. The fourth-order valence-corrected chi connectivity index (χ4v) is 1.80. The van der Waals surface area contributed by atoms with Gasteiger partial charge in [0.1, 0.15) is 12.3 Å². The van der Waals surface area contributed by atoms with E-state index >= 15 is 0 Å². The van der Waals surface area contributed by atoms with E-state index in [-0.39, 0.29) is 16.9 Å². The molecule has 0 aliphatic carbocycles. The van der Waals surface area contributed by atoms with Gasteiger partial charge in [-0.2, -0.15) is 10.4 Å². The smallest absolute Gasteiger partial charge is 0.319 e. The molecule has 0 bridgehead atoms. The maximum atomic E-state index is 12.1. The van der Waals surface area contributed by atoms with Crippen molar-refractivity contribution in [1.29, 1.82) is 5.26 Å². The summed E-state index contributed by atoms with van der Waals surface area (Å²) in [6.07, 6.45) is 1.07. The van der Waals surface area contributed by atoms with Crippen molar-refractivity contribution in [2.75, 3.05) is 5.32 Å². The van der Waals surface area contributed by atoms with Crippen LogP contribution in [0.4, 0.5) is 17.1 Å². The van der Waals surface area contributed by atoms with Gasteiger partial charge in [-0.05, 0) is 6.07 Å². The highest BCUT2D eigenvalue weighted by molar-refractivity contribution is 6.06. The molecule has 1 N–H and O–H groups in total. The van der Waals surface area contributed by atoms with Gasteiger partial charge in [0.25, 0.3) is 11.6 Å². The Morgan fingerprint density at radius 2 is 2.04 bits per heavy atom. The number of rotatable bonds is 4. The normalized spacial score (nSPS) is 9.91.